The van der Waals surface area contributed by atoms with Crippen LogP contribution in [0, 0.1) is 18.3 Å². The zero-order chi connectivity index (χ0) is 29.8. The largest absolute Gasteiger partial charge is 0.384 e. The summed E-state index contributed by atoms with van der Waals surface area (Å²) in [5.41, 5.74) is 2.28. The molecule has 1 aliphatic heterocycles. The molecule has 4 atom stereocenters. The zero-order valence-corrected chi connectivity index (χ0v) is 25.3. The van der Waals surface area contributed by atoms with E-state index in [1.54, 1.807) is 47.3 Å². The number of pyridine rings is 1. The predicted octanol–water partition coefficient (Wildman–Crippen LogP) is 4.05. The molecule has 4 aromatic rings. The molecule has 1 saturated carbocycles. The van der Waals surface area contributed by atoms with Gasteiger partial charge in [0.2, 0.25) is 11.8 Å². The van der Waals surface area contributed by atoms with Crippen molar-refractivity contribution in [3.05, 3.63) is 64.9 Å². The highest BCUT2D eigenvalue weighted by atomic mass is 79.9. The Labute approximate surface area is 250 Å². The van der Waals surface area contributed by atoms with Gasteiger partial charge in [-0.25, -0.2) is 15.0 Å². The van der Waals surface area contributed by atoms with Crippen molar-refractivity contribution in [3.8, 4) is 11.1 Å². The standard InChI is InChI=1S/C30H30BrN7O4/c1-16-28-30(16,15-42-4)11-23(29(41)35-25-7-5-6-24(31)34-25)38(28)26(40)14-37-22-9-8-19(20-12-32-18(3)33-13-20)10-21(22)27(36-37)17(2)39/h5-10,12-13,16,23,28H,11,14-15H2,1-4H3,(H,34,35,41)/t16?,23-,28?,30-/m0/s1. The molecule has 42 heavy (non-hydrogen) atoms. The minimum Gasteiger partial charge on any atom is -0.384 e. The first-order valence-electron chi connectivity index (χ1n) is 13.7. The number of ether oxygens (including phenoxy) is 1. The summed E-state index contributed by atoms with van der Waals surface area (Å²) in [6, 6.07) is 10.0. The van der Waals surface area contributed by atoms with Gasteiger partial charge in [-0.15, -0.1) is 0 Å². The Balaban J connectivity index is 1.32. The number of nitrogens with one attached hydrogen (secondary N) is 1. The molecule has 2 unspecified atom stereocenters. The molecule has 0 bridgehead atoms. The van der Waals surface area contributed by atoms with Crippen molar-refractivity contribution >= 4 is 50.2 Å². The lowest BCUT2D eigenvalue weighted by Gasteiger charge is -2.28. The summed E-state index contributed by atoms with van der Waals surface area (Å²) < 4.78 is 7.69. The maximum atomic E-state index is 14.0. The molecule has 0 radical (unpaired) electrons. The minimum atomic E-state index is -0.697. The molecule has 2 aliphatic rings. The summed E-state index contributed by atoms with van der Waals surface area (Å²) in [4.78, 5) is 54.7. The Morgan fingerprint density at radius 3 is 2.60 bits per heavy atom. The van der Waals surface area contributed by atoms with Gasteiger partial charge in [0.15, 0.2) is 5.78 Å². The van der Waals surface area contributed by atoms with Crippen LogP contribution in [-0.4, -0.2) is 73.0 Å². The monoisotopic (exact) mass is 631 g/mol. The van der Waals surface area contributed by atoms with E-state index in [1.807, 2.05) is 25.1 Å². The minimum absolute atomic E-state index is 0.123. The quantitative estimate of drug-likeness (QED) is 0.227. The van der Waals surface area contributed by atoms with Crippen LogP contribution < -0.4 is 5.32 Å². The van der Waals surface area contributed by atoms with E-state index in [-0.39, 0.29) is 47.2 Å². The number of fused-ring (bicyclic) bond motifs is 2. The number of benzene rings is 1. The molecular weight excluding hydrogens is 602 g/mol. The number of hydrogen-bond acceptors (Lipinski definition) is 8. The third kappa shape index (κ3) is 4.78. The number of nitrogens with zero attached hydrogens (tertiary/aromatic N) is 6. The third-order valence-corrected chi connectivity index (χ3v) is 8.96. The van der Waals surface area contributed by atoms with E-state index in [0.29, 0.717) is 40.2 Å². The molecule has 3 aromatic heterocycles. The average Bonchev–Trinajstić information content (AvgIpc) is 3.24. The number of aromatic nitrogens is 5. The molecule has 0 spiro atoms. The molecule has 6 rings (SSSR count). The summed E-state index contributed by atoms with van der Waals surface area (Å²) in [7, 11) is 1.64. The number of methoxy groups -OCH3 is 1. The number of aryl methyl sites for hydroxylation is 1. The van der Waals surface area contributed by atoms with Gasteiger partial charge in [-0.3, -0.25) is 19.1 Å². The second kappa shape index (κ2) is 10.7. The maximum Gasteiger partial charge on any atom is 0.248 e. The highest BCUT2D eigenvalue weighted by Crippen LogP contribution is 2.64. The fourth-order valence-electron chi connectivity index (χ4n) is 6.42. The SMILES string of the molecule is COC[C@]12C[C@@H](C(=O)Nc3cccc(Br)n3)N(C(=O)Cn3nc(C(C)=O)c4cc(-c5cnc(C)nc5)ccc43)C1C2C. The lowest BCUT2D eigenvalue weighted by molar-refractivity contribution is -0.138. The third-order valence-electron chi connectivity index (χ3n) is 8.52. The number of halogens is 1. The second-order valence-corrected chi connectivity index (χ2v) is 11.9. The molecule has 1 aromatic carbocycles. The molecular formula is C30H30BrN7O4. The van der Waals surface area contributed by atoms with Crippen LogP contribution in [0.5, 0.6) is 0 Å². The van der Waals surface area contributed by atoms with Gasteiger partial charge >= 0.3 is 0 Å². The number of Topliss-reactive ketones (excluding diaryl/α,β-unsaturated/α-hetero) is 1. The summed E-state index contributed by atoms with van der Waals surface area (Å²) >= 11 is 3.33. The fourth-order valence-corrected chi connectivity index (χ4v) is 6.76. The number of ketones is 1. The van der Waals surface area contributed by atoms with E-state index in [4.69, 9.17) is 4.74 Å². The number of likely N-dealkylation sites (tertiary alicyclic amines) is 1. The number of anilines is 1. The first-order valence-corrected chi connectivity index (χ1v) is 14.5. The van der Waals surface area contributed by atoms with Crippen LogP contribution >= 0.6 is 15.9 Å². The molecule has 12 heteroatoms. The number of hydrogen-bond donors (Lipinski definition) is 1. The van der Waals surface area contributed by atoms with Gasteiger partial charge in [-0.1, -0.05) is 19.1 Å². The van der Waals surface area contributed by atoms with E-state index in [0.717, 1.165) is 11.1 Å². The smallest absolute Gasteiger partial charge is 0.248 e. The van der Waals surface area contributed by atoms with Crippen LogP contribution in [0.2, 0.25) is 0 Å². The first-order chi connectivity index (χ1) is 20.1. The molecule has 1 aliphatic carbocycles. The number of rotatable bonds is 8. The van der Waals surface area contributed by atoms with Gasteiger partial charge in [0.05, 0.1) is 12.1 Å². The molecule has 11 nitrogen and oxygen atoms in total. The lowest BCUT2D eigenvalue weighted by Crippen LogP contribution is -2.47. The van der Waals surface area contributed by atoms with Crippen molar-refractivity contribution in [1.29, 1.82) is 0 Å². The lowest BCUT2D eigenvalue weighted by atomic mass is 9.96. The Bertz CT molecular complexity index is 1720. The number of piperidine rings is 1. The normalized spacial score (nSPS) is 22.7. The van der Waals surface area contributed by atoms with Crippen LogP contribution in [0.15, 0.2) is 53.4 Å². The number of carbonyl (C=O) groups is 3. The Kier molecular flexibility index (Phi) is 7.14. The van der Waals surface area contributed by atoms with E-state index >= 15 is 0 Å². The summed E-state index contributed by atoms with van der Waals surface area (Å²) in [6.07, 6.45) is 3.95. The topological polar surface area (TPSA) is 132 Å². The van der Waals surface area contributed by atoms with Crippen LogP contribution in [0.25, 0.3) is 22.0 Å². The van der Waals surface area contributed by atoms with E-state index in [1.165, 1.54) is 6.92 Å². The van der Waals surface area contributed by atoms with E-state index in [2.05, 4.69) is 48.2 Å². The molecule has 2 amide bonds. The highest BCUT2D eigenvalue weighted by molar-refractivity contribution is 9.10. The van der Waals surface area contributed by atoms with E-state index in [9.17, 15) is 14.4 Å². The van der Waals surface area contributed by atoms with Gasteiger partial charge in [-0.05, 0) is 65.0 Å². The highest BCUT2D eigenvalue weighted by Gasteiger charge is 2.72. The molecule has 216 valence electrons. The summed E-state index contributed by atoms with van der Waals surface area (Å²) in [5, 5.41) is 8.06. The number of amides is 2. The van der Waals surface area contributed by atoms with Gasteiger partial charge in [0.1, 0.15) is 34.5 Å². The molecule has 1 N–H and O–H groups in total. The van der Waals surface area contributed by atoms with Crippen molar-refractivity contribution in [1.82, 2.24) is 29.6 Å². The van der Waals surface area contributed by atoms with Crippen molar-refractivity contribution in [2.24, 2.45) is 11.3 Å². The summed E-state index contributed by atoms with van der Waals surface area (Å²) in [6.45, 7) is 5.68. The van der Waals surface area contributed by atoms with Gasteiger partial charge < -0.3 is 15.0 Å². The maximum absolute atomic E-state index is 14.0. The number of carbonyl (C=O) groups excluding carboxylic acids is 3. The fraction of sp³-hybridized carbons (Fsp3) is 0.367. The molecule has 2 fully saturated rings. The van der Waals surface area contributed by atoms with Crippen LogP contribution in [0.4, 0.5) is 5.82 Å². The van der Waals surface area contributed by atoms with Crippen molar-refractivity contribution in [2.75, 3.05) is 19.0 Å². The van der Waals surface area contributed by atoms with Gasteiger partial charge in [0, 0.05) is 48.8 Å². The Morgan fingerprint density at radius 1 is 1.14 bits per heavy atom. The first kappa shape index (κ1) is 28.1. The Hall–Kier alpha value is -4.03. The van der Waals surface area contributed by atoms with Gasteiger partial charge in [0.25, 0.3) is 0 Å². The van der Waals surface area contributed by atoms with Crippen molar-refractivity contribution in [2.45, 2.75) is 45.8 Å². The van der Waals surface area contributed by atoms with E-state index < -0.39 is 6.04 Å². The predicted molar refractivity (Wildman–Crippen MR) is 159 cm³/mol. The Morgan fingerprint density at radius 2 is 1.90 bits per heavy atom. The summed E-state index contributed by atoms with van der Waals surface area (Å²) in [5.74, 6) is 0.477. The zero-order valence-electron chi connectivity index (χ0n) is 23.7. The van der Waals surface area contributed by atoms with Crippen molar-refractivity contribution < 1.29 is 19.1 Å². The van der Waals surface area contributed by atoms with Crippen molar-refractivity contribution in [3.63, 3.8) is 0 Å². The molecule has 4 heterocycles. The van der Waals surface area contributed by atoms with Gasteiger partial charge in [-0.2, -0.15) is 5.10 Å². The second-order valence-electron chi connectivity index (χ2n) is 11.1. The average molecular weight is 633 g/mol. The van der Waals surface area contributed by atoms with Crippen LogP contribution in [0.1, 0.15) is 36.6 Å². The van der Waals surface area contributed by atoms with Crippen LogP contribution in [-0.2, 0) is 20.9 Å². The van der Waals surface area contributed by atoms with Crippen LogP contribution in [0.3, 0.4) is 0 Å². The molecule has 1 saturated heterocycles.